The van der Waals surface area contributed by atoms with Crippen LogP contribution in [0.15, 0.2) is 28.7 Å². The summed E-state index contributed by atoms with van der Waals surface area (Å²) in [6.45, 7) is 9.94. The number of oxazole rings is 1. The third kappa shape index (κ3) is 2.07. The van der Waals surface area contributed by atoms with Gasteiger partial charge in [0, 0.05) is 18.0 Å². The number of para-hydroxylation sites is 1. The van der Waals surface area contributed by atoms with Gasteiger partial charge in [-0.25, -0.2) is 9.67 Å². The first kappa shape index (κ1) is 16.8. The molecule has 0 atom stereocenters. The van der Waals surface area contributed by atoms with E-state index < -0.39 is 0 Å². The van der Waals surface area contributed by atoms with Crippen LogP contribution in [0.5, 0.6) is 0 Å². The third-order valence-electron chi connectivity index (χ3n) is 5.45. The minimum atomic E-state index is 0.683. The SMILES string of the molecule is Cc1nc(C)n(-c2c(C)nn3c(-c4c(C)c5ccccc5n4C)c(C)oc23)n1. The second kappa shape index (κ2) is 5.58. The Balaban J connectivity index is 1.85. The van der Waals surface area contributed by atoms with Crippen molar-refractivity contribution in [1.29, 1.82) is 0 Å². The lowest BCUT2D eigenvalue weighted by Crippen LogP contribution is -2.00. The molecule has 0 amide bonds. The van der Waals surface area contributed by atoms with Crippen LogP contribution in [0.4, 0.5) is 0 Å². The van der Waals surface area contributed by atoms with Gasteiger partial charge in [-0.2, -0.15) is 14.7 Å². The average Bonchev–Trinajstić information content (AvgIpc) is 3.31. The van der Waals surface area contributed by atoms with Crippen molar-refractivity contribution in [1.82, 2.24) is 28.9 Å². The summed E-state index contributed by atoms with van der Waals surface area (Å²) in [7, 11) is 2.09. The topological polar surface area (TPSA) is 66.1 Å². The van der Waals surface area contributed by atoms with Gasteiger partial charge in [-0.15, -0.1) is 0 Å². The van der Waals surface area contributed by atoms with Crippen LogP contribution in [-0.2, 0) is 7.05 Å². The molecule has 7 heteroatoms. The highest BCUT2D eigenvalue weighted by atomic mass is 16.4. The summed E-state index contributed by atoms with van der Waals surface area (Å²) >= 11 is 0. The van der Waals surface area contributed by atoms with Crippen molar-refractivity contribution in [3.8, 4) is 17.1 Å². The molecule has 0 unspecified atom stereocenters. The minimum Gasteiger partial charge on any atom is -0.439 e. The van der Waals surface area contributed by atoms with Crippen LogP contribution in [0.3, 0.4) is 0 Å². The molecule has 0 spiro atoms. The van der Waals surface area contributed by atoms with Gasteiger partial charge in [-0.05, 0) is 46.2 Å². The maximum atomic E-state index is 6.23. The molecule has 0 fully saturated rings. The summed E-state index contributed by atoms with van der Waals surface area (Å²) in [6, 6.07) is 8.43. The van der Waals surface area contributed by atoms with Crippen LogP contribution < -0.4 is 0 Å². The summed E-state index contributed by atoms with van der Waals surface area (Å²) in [6.07, 6.45) is 0. The van der Waals surface area contributed by atoms with E-state index in [-0.39, 0.29) is 0 Å². The van der Waals surface area contributed by atoms with Crippen LogP contribution in [-0.4, -0.2) is 28.9 Å². The molecule has 0 aliphatic rings. The van der Waals surface area contributed by atoms with Gasteiger partial charge < -0.3 is 8.98 Å². The Morgan fingerprint density at radius 2 is 1.68 bits per heavy atom. The number of aryl methyl sites for hydroxylation is 6. The number of benzene rings is 1. The summed E-state index contributed by atoms with van der Waals surface area (Å²) < 4.78 is 12.2. The normalized spacial score (nSPS) is 11.9. The van der Waals surface area contributed by atoms with E-state index in [1.54, 1.807) is 0 Å². The van der Waals surface area contributed by atoms with Gasteiger partial charge in [0.05, 0.1) is 11.4 Å². The lowest BCUT2D eigenvalue weighted by molar-refractivity contribution is 0.568. The van der Waals surface area contributed by atoms with Crippen molar-refractivity contribution in [3.05, 3.63) is 52.9 Å². The fourth-order valence-corrected chi connectivity index (χ4v) is 4.25. The molecule has 0 saturated carbocycles. The van der Waals surface area contributed by atoms with Crippen molar-refractivity contribution in [2.45, 2.75) is 34.6 Å². The zero-order valence-corrected chi connectivity index (χ0v) is 16.9. The molecule has 0 radical (unpaired) electrons. The number of fused-ring (bicyclic) bond motifs is 2. The molecule has 5 aromatic rings. The molecular weight excluding hydrogens is 352 g/mol. The smallest absolute Gasteiger partial charge is 0.249 e. The average molecular weight is 374 g/mol. The Kier molecular flexibility index (Phi) is 3.34. The van der Waals surface area contributed by atoms with Crippen molar-refractivity contribution in [2.75, 3.05) is 0 Å². The van der Waals surface area contributed by atoms with Crippen molar-refractivity contribution >= 4 is 16.6 Å². The minimum absolute atomic E-state index is 0.683. The number of hydrogen-bond acceptors (Lipinski definition) is 4. The zero-order chi connectivity index (χ0) is 19.7. The quantitative estimate of drug-likeness (QED) is 0.464. The molecule has 0 N–H and O–H groups in total. The maximum Gasteiger partial charge on any atom is 0.249 e. The summed E-state index contributed by atoms with van der Waals surface area (Å²) in [5, 5.41) is 10.6. The molecule has 5 rings (SSSR count). The molecular formula is C21H22N6O. The van der Waals surface area contributed by atoms with Crippen molar-refractivity contribution in [3.63, 3.8) is 0 Å². The van der Waals surface area contributed by atoms with Gasteiger partial charge in [0.1, 0.15) is 23.1 Å². The van der Waals surface area contributed by atoms with Gasteiger partial charge in [0.2, 0.25) is 5.71 Å². The lowest BCUT2D eigenvalue weighted by atomic mass is 10.1. The van der Waals surface area contributed by atoms with Crippen molar-refractivity contribution < 1.29 is 4.42 Å². The number of rotatable bonds is 2. The molecule has 7 nitrogen and oxygen atoms in total. The van der Waals surface area contributed by atoms with E-state index in [2.05, 4.69) is 52.9 Å². The van der Waals surface area contributed by atoms with Gasteiger partial charge >= 0.3 is 0 Å². The van der Waals surface area contributed by atoms with Crippen molar-refractivity contribution in [2.24, 2.45) is 7.05 Å². The molecule has 4 heterocycles. The Bertz CT molecular complexity index is 1340. The van der Waals surface area contributed by atoms with Gasteiger partial charge in [-0.1, -0.05) is 18.2 Å². The van der Waals surface area contributed by atoms with Gasteiger partial charge in [-0.3, -0.25) is 0 Å². The second-order valence-electron chi connectivity index (χ2n) is 7.33. The summed E-state index contributed by atoms with van der Waals surface area (Å²) in [5.41, 5.74) is 6.85. The Morgan fingerprint density at radius 3 is 2.36 bits per heavy atom. The van der Waals surface area contributed by atoms with E-state index in [0.29, 0.717) is 5.71 Å². The molecule has 0 saturated heterocycles. The van der Waals surface area contributed by atoms with Crippen LogP contribution in [0, 0.1) is 34.6 Å². The van der Waals surface area contributed by atoms with Crippen LogP contribution in [0.1, 0.15) is 28.7 Å². The van der Waals surface area contributed by atoms with E-state index in [1.807, 2.05) is 36.9 Å². The number of nitrogens with zero attached hydrogens (tertiary/aromatic N) is 6. The van der Waals surface area contributed by atoms with Gasteiger partial charge in [0.15, 0.2) is 5.69 Å². The highest BCUT2D eigenvalue weighted by molar-refractivity contribution is 5.91. The van der Waals surface area contributed by atoms with E-state index in [1.165, 1.54) is 16.5 Å². The standard InChI is InChI=1S/C21H22N6O/c1-11-16-9-7-8-10-17(16)25(6)18(11)20-13(3)28-21-19(12(2)23-27(20)21)26-15(5)22-14(4)24-26/h7-10H,1-6H3. The van der Waals surface area contributed by atoms with E-state index in [0.717, 1.165) is 40.2 Å². The predicted octanol–water partition coefficient (Wildman–Crippen LogP) is 4.21. The largest absolute Gasteiger partial charge is 0.439 e. The fraction of sp³-hybridized carbons (Fsp3) is 0.286. The summed E-state index contributed by atoms with van der Waals surface area (Å²) in [4.78, 5) is 4.43. The molecule has 0 aliphatic heterocycles. The maximum absolute atomic E-state index is 6.23. The lowest BCUT2D eigenvalue weighted by Gasteiger charge is -2.05. The molecule has 0 bridgehead atoms. The first-order chi connectivity index (χ1) is 13.4. The van der Waals surface area contributed by atoms with E-state index in [9.17, 15) is 0 Å². The van der Waals surface area contributed by atoms with Crippen LogP contribution in [0.25, 0.3) is 33.7 Å². The fourth-order valence-electron chi connectivity index (χ4n) is 4.25. The second-order valence-corrected chi connectivity index (χ2v) is 7.33. The highest BCUT2D eigenvalue weighted by Crippen LogP contribution is 2.37. The monoisotopic (exact) mass is 374 g/mol. The zero-order valence-electron chi connectivity index (χ0n) is 16.9. The Labute approximate surface area is 162 Å². The van der Waals surface area contributed by atoms with Gasteiger partial charge in [0.25, 0.3) is 0 Å². The molecule has 142 valence electrons. The molecule has 0 aliphatic carbocycles. The van der Waals surface area contributed by atoms with E-state index >= 15 is 0 Å². The Morgan fingerprint density at radius 1 is 0.929 bits per heavy atom. The Hall–Kier alpha value is -3.35. The first-order valence-electron chi connectivity index (χ1n) is 9.32. The third-order valence-corrected chi connectivity index (χ3v) is 5.45. The molecule has 1 aromatic carbocycles. The first-order valence-corrected chi connectivity index (χ1v) is 9.32. The number of aromatic nitrogens is 6. The number of hydrogen-bond donors (Lipinski definition) is 0. The predicted molar refractivity (Wildman–Crippen MR) is 108 cm³/mol. The van der Waals surface area contributed by atoms with Crippen LogP contribution >= 0.6 is 0 Å². The molecule has 28 heavy (non-hydrogen) atoms. The van der Waals surface area contributed by atoms with E-state index in [4.69, 9.17) is 9.52 Å². The molecule has 4 aromatic heterocycles. The summed E-state index contributed by atoms with van der Waals surface area (Å²) in [5.74, 6) is 2.36. The van der Waals surface area contributed by atoms with Crippen LogP contribution in [0.2, 0.25) is 0 Å². The highest BCUT2D eigenvalue weighted by Gasteiger charge is 2.26.